The number of hydrogen-bond acceptors (Lipinski definition) is 4. The highest BCUT2D eigenvalue weighted by Gasteiger charge is 2.37. The van der Waals surface area contributed by atoms with E-state index in [1.165, 1.54) is 6.92 Å². The Balaban J connectivity index is 2.32. The van der Waals surface area contributed by atoms with Crippen molar-refractivity contribution in [3.8, 4) is 0 Å². The van der Waals surface area contributed by atoms with E-state index in [1.807, 2.05) is 6.92 Å². The topological polar surface area (TPSA) is 96.6 Å². The van der Waals surface area contributed by atoms with Crippen LogP contribution in [0.1, 0.15) is 42.5 Å². The summed E-state index contributed by atoms with van der Waals surface area (Å²) in [5, 5.41) is 8.77. The SMILES string of the molecule is Cc1oc(C(=O)O)cc1S(=O)(=O)NC1(C)CCC1. The van der Waals surface area contributed by atoms with E-state index >= 15 is 0 Å². The molecule has 0 aromatic carbocycles. The van der Waals surface area contributed by atoms with E-state index in [0.29, 0.717) is 0 Å². The van der Waals surface area contributed by atoms with Gasteiger partial charge in [0.2, 0.25) is 15.8 Å². The fourth-order valence-electron chi connectivity index (χ4n) is 2.03. The van der Waals surface area contributed by atoms with Gasteiger partial charge in [0.1, 0.15) is 10.7 Å². The van der Waals surface area contributed by atoms with Gasteiger partial charge in [0.25, 0.3) is 0 Å². The number of aryl methyl sites for hydroxylation is 1. The van der Waals surface area contributed by atoms with E-state index in [0.717, 1.165) is 25.3 Å². The van der Waals surface area contributed by atoms with Gasteiger partial charge >= 0.3 is 5.97 Å². The van der Waals surface area contributed by atoms with Crippen LogP contribution in [-0.4, -0.2) is 25.0 Å². The zero-order valence-electron chi connectivity index (χ0n) is 10.2. The zero-order valence-corrected chi connectivity index (χ0v) is 11.0. The summed E-state index contributed by atoms with van der Waals surface area (Å²) in [6, 6.07) is 1.04. The Bertz CT molecular complexity index is 583. The lowest BCUT2D eigenvalue weighted by atomic mass is 9.80. The molecule has 1 aliphatic rings. The van der Waals surface area contributed by atoms with Gasteiger partial charge in [0, 0.05) is 11.6 Å². The van der Waals surface area contributed by atoms with Gasteiger partial charge < -0.3 is 9.52 Å². The molecule has 0 aliphatic heterocycles. The second kappa shape index (κ2) is 4.10. The summed E-state index contributed by atoms with van der Waals surface area (Å²) in [7, 11) is -3.73. The Morgan fingerprint density at radius 3 is 2.50 bits per heavy atom. The van der Waals surface area contributed by atoms with Crippen LogP contribution in [0.3, 0.4) is 0 Å². The van der Waals surface area contributed by atoms with Crippen molar-refractivity contribution in [3.05, 3.63) is 17.6 Å². The fourth-order valence-corrected chi connectivity index (χ4v) is 3.67. The molecular weight excluding hydrogens is 258 g/mol. The lowest BCUT2D eigenvalue weighted by molar-refractivity contribution is 0.0661. The van der Waals surface area contributed by atoms with Gasteiger partial charge in [-0.15, -0.1) is 0 Å². The molecular formula is C11H15NO5S. The third kappa shape index (κ3) is 2.28. The first kappa shape index (κ1) is 13.1. The fraction of sp³-hybridized carbons (Fsp3) is 0.545. The van der Waals surface area contributed by atoms with Crippen molar-refractivity contribution in [2.75, 3.05) is 0 Å². The van der Waals surface area contributed by atoms with Crippen molar-refractivity contribution >= 4 is 16.0 Å². The third-order valence-electron chi connectivity index (χ3n) is 3.21. The van der Waals surface area contributed by atoms with Gasteiger partial charge in [-0.3, -0.25) is 0 Å². The molecule has 1 aliphatic carbocycles. The number of rotatable bonds is 4. The largest absolute Gasteiger partial charge is 0.475 e. The summed E-state index contributed by atoms with van der Waals surface area (Å²) >= 11 is 0. The highest BCUT2D eigenvalue weighted by Crippen LogP contribution is 2.33. The number of sulfonamides is 1. The first-order valence-electron chi connectivity index (χ1n) is 5.61. The van der Waals surface area contributed by atoms with E-state index < -0.39 is 21.5 Å². The van der Waals surface area contributed by atoms with E-state index in [9.17, 15) is 13.2 Å². The Kier molecular flexibility index (Phi) is 2.98. The van der Waals surface area contributed by atoms with Crippen LogP contribution in [-0.2, 0) is 10.0 Å². The smallest absolute Gasteiger partial charge is 0.371 e. The molecule has 1 saturated carbocycles. The van der Waals surface area contributed by atoms with Gasteiger partial charge in [-0.05, 0) is 33.1 Å². The van der Waals surface area contributed by atoms with Crippen LogP contribution in [0, 0.1) is 6.92 Å². The minimum atomic E-state index is -3.73. The molecule has 1 heterocycles. The maximum absolute atomic E-state index is 12.1. The number of aromatic carboxylic acids is 1. The van der Waals surface area contributed by atoms with Crippen LogP contribution in [0.2, 0.25) is 0 Å². The lowest BCUT2D eigenvalue weighted by Crippen LogP contribution is -2.50. The number of carboxylic acid groups (broad SMARTS) is 1. The summed E-state index contributed by atoms with van der Waals surface area (Å²) in [6.45, 7) is 3.27. The zero-order chi connectivity index (χ0) is 13.6. The Morgan fingerprint density at radius 2 is 2.11 bits per heavy atom. The van der Waals surface area contributed by atoms with Gasteiger partial charge in [-0.1, -0.05) is 0 Å². The quantitative estimate of drug-likeness (QED) is 0.866. The molecule has 2 rings (SSSR count). The maximum atomic E-state index is 12.1. The standard InChI is InChI=1S/C11H15NO5S/c1-7-9(6-8(17-7)10(13)14)18(15,16)12-11(2)4-3-5-11/h6,12H,3-5H2,1-2H3,(H,13,14). The van der Waals surface area contributed by atoms with Crippen LogP contribution in [0.15, 0.2) is 15.4 Å². The highest BCUT2D eigenvalue weighted by molar-refractivity contribution is 7.89. The molecule has 6 nitrogen and oxygen atoms in total. The molecule has 0 atom stereocenters. The van der Waals surface area contributed by atoms with Crippen molar-refractivity contribution in [1.82, 2.24) is 4.72 Å². The van der Waals surface area contributed by atoms with Gasteiger partial charge in [0.05, 0.1) is 0 Å². The van der Waals surface area contributed by atoms with Crippen LogP contribution >= 0.6 is 0 Å². The van der Waals surface area contributed by atoms with E-state index in [2.05, 4.69) is 4.72 Å². The second-order valence-electron chi connectivity index (χ2n) is 4.86. The average Bonchev–Trinajstić information content (AvgIpc) is 2.58. The van der Waals surface area contributed by atoms with Crippen LogP contribution in [0.5, 0.6) is 0 Å². The predicted octanol–water partition coefficient (Wildman–Crippen LogP) is 1.51. The highest BCUT2D eigenvalue weighted by atomic mass is 32.2. The Morgan fingerprint density at radius 1 is 1.50 bits per heavy atom. The van der Waals surface area contributed by atoms with Gasteiger partial charge in [-0.25, -0.2) is 17.9 Å². The van der Waals surface area contributed by atoms with Gasteiger partial charge in [0.15, 0.2) is 0 Å². The summed E-state index contributed by atoms with van der Waals surface area (Å²) in [4.78, 5) is 10.6. The first-order chi connectivity index (χ1) is 8.23. The molecule has 0 amide bonds. The van der Waals surface area contributed by atoms with E-state index in [-0.39, 0.29) is 16.4 Å². The van der Waals surface area contributed by atoms with Crippen molar-refractivity contribution in [1.29, 1.82) is 0 Å². The van der Waals surface area contributed by atoms with Crippen LogP contribution in [0.4, 0.5) is 0 Å². The number of furan rings is 1. The molecule has 0 bridgehead atoms. The first-order valence-corrected chi connectivity index (χ1v) is 7.10. The Labute approximate surface area is 105 Å². The second-order valence-corrected chi connectivity index (χ2v) is 6.51. The van der Waals surface area contributed by atoms with Crippen molar-refractivity contribution in [2.45, 2.75) is 43.5 Å². The van der Waals surface area contributed by atoms with Crippen molar-refractivity contribution in [3.63, 3.8) is 0 Å². The molecule has 1 aromatic rings. The Hall–Kier alpha value is -1.34. The minimum absolute atomic E-state index is 0.0859. The van der Waals surface area contributed by atoms with Crippen molar-refractivity contribution in [2.24, 2.45) is 0 Å². The summed E-state index contributed by atoms with van der Waals surface area (Å²) in [5.74, 6) is -1.57. The molecule has 0 saturated heterocycles. The lowest BCUT2D eigenvalue weighted by Gasteiger charge is -2.38. The molecule has 0 unspecified atom stereocenters. The summed E-state index contributed by atoms with van der Waals surface area (Å²) < 4.78 is 31.8. The number of carboxylic acids is 1. The molecule has 7 heteroatoms. The average molecular weight is 273 g/mol. The molecule has 1 aromatic heterocycles. The van der Waals surface area contributed by atoms with Crippen molar-refractivity contribution < 1.29 is 22.7 Å². The summed E-state index contributed by atoms with van der Waals surface area (Å²) in [5.41, 5.74) is -0.425. The van der Waals surface area contributed by atoms with E-state index in [1.54, 1.807) is 0 Å². The molecule has 18 heavy (non-hydrogen) atoms. The summed E-state index contributed by atoms with van der Waals surface area (Å²) in [6.07, 6.45) is 2.56. The van der Waals surface area contributed by atoms with Crippen LogP contribution in [0.25, 0.3) is 0 Å². The number of nitrogens with one attached hydrogen (secondary N) is 1. The van der Waals surface area contributed by atoms with Gasteiger partial charge in [-0.2, -0.15) is 0 Å². The maximum Gasteiger partial charge on any atom is 0.371 e. The monoisotopic (exact) mass is 273 g/mol. The molecule has 100 valence electrons. The number of carbonyl (C=O) groups is 1. The minimum Gasteiger partial charge on any atom is -0.475 e. The molecule has 1 fully saturated rings. The van der Waals surface area contributed by atoms with E-state index in [4.69, 9.17) is 9.52 Å². The molecule has 0 spiro atoms. The third-order valence-corrected chi connectivity index (χ3v) is 4.96. The van der Waals surface area contributed by atoms with Crippen LogP contribution < -0.4 is 4.72 Å². The predicted molar refractivity (Wildman–Crippen MR) is 63.0 cm³/mol. The number of hydrogen-bond donors (Lipinski definition) is 2. The normalized spacial score (nSPS) is 18.3. The molecule has 2 N–H and O–H groups in total. The molecule has 0 radical (unpaired) electrons.